The normalized spacial score (nSPS) is 27.0. The van der Waals surface area contributed by atoms with E-state index in [4.69, 9.17) is 5.11 Å². The summed E-state index contributed by atoms with van der Waals surface area (Å²) in [7, 11) is 0. The largest absolute Gasteiger partial charge is 1.00 e. The maximum Gasteiger partial charge on any atom is 1.00 e. The number of aliphatic hydroxyl groups excluding tert-OH is 1. The Bertz CT molecular complexity index is 393. The summed E-state index contributed by atoms with van der Waals surface area (Å²) in [6.45, 7) is -0.107. The number of carboxylic acid groups (broad SMARTS) is 1. The molecule has 0 amide bonds. The molecule has 0 aliphatic heterocycles. The minimum atomic E-state index is -1.09. The van der Waals surface area contributed by atoms with E-state index in [1.165, 1.54) is 0 Å². The third-order valence-electron chi connectivity index (χ3n) is 3.05. The summed E-state index contributed by atoms with van der Waals surface area (Å²) < 4.78 is 0.904. The molecule has 16 heavy (non-hydrogen) atoms. The summed E-state index contributed by atoms with van der Waals surface area (Å²) in [5.41, 5.74) is -0.250. The summed E-state index contributed by atoms with van der Waals surface area (Å²) in [5.74, 6) is -1.30. The molecule has 1 saturated carbocycles. The first kappa shape index (κ1) is 14.2. The van der Waals surface area contributed by atoms with Crippen LogP contribution in [0.15, 0.2) is 28.7 Å². The molecule has 0 aromatic heterocycles. The van der Waals surface area contributed by atoms with Crippen molar-refractivity contribution in [2.24, 2.45) is 5.92 Å². The smallest absolute Gasteiger partial charge is 0.549 e. The van der Waals surface area contributed by atoms with Crippen molar-refractivity contribution in [2.45, 2.75) is 11.8 Å². The fourth-order valence-electron chi connectivity index (χ4n) is 2.02. The maximum atomic E-state index is 11.1. The predicted octanol–water partition coefficient (Wildman–Crippen LogP) is -2.55. The minimum Gasteiger partial charge on any atom is -0.549 e. The van der Waals surface area contributed by atoms with Crippen LogP contribution in [0.5, 0.6) is 0 Å². The van der Waals surface area contributed by atoms with E-state index in [9.17, 15) is 9.90 Å². The average molecular weight is 293 g/mol. The van der Waals surface area contributed by atoms with E-state index in [0.29, 0.717) is 12.0 Å². The van der Waals surface area contributed by atoms with Crippen LogP contribution in [0.4, 0.5) is 0 Å². The van der Waals surface area contributed by atoms with Crippen molar-refractivity contribution in [3.63, 3.8) is 0 Å². The number of carbonyl (C=O) groups is 1. The molecule has 0 unspecified atom stereocenters. The van der Waals surface area contributed by atoms with E-state index >= 15 is 0 Å². The van der Waals surface area contributed by atoms with Gasteiger partial charge in [0, 0.05) is 16.5 Å². The molecule has 1 aromatic carbocycles. The second-order valence-electron chi connectivity index (χ2n) is 3.85. The van der Waals surface area contributed by atoms with Crippen LogP contribution in [-0.4, -0.2) is 17.7 Å². The van der Waals surface area contributed by atoms with Crippen LogP contribution in [0.25, 0.3) is 0 Å². The summed E-state index contributed by atoms with van der Waals surface area (Å²) >= 11 is 3.29. The van der Waals surface area contributed by atoms with Crippen molar-refractivity contribution in [3.05, 3.63) is 34.3 Å². The van der Waals surface area contributed by atoms with Crippen LogP contribution in [0.2, 0.25) is 0 Å². The molecule has 2 rings (SSSR count). The fourth-order valence-corrected chi connectivity index (χ4v) is 2.28. The average Bonchev–Trinajstić information content (AvgIpc) is 2.94. The van der Waals surface area contributed by atoms with Crippen molar-refractivity contribution < 1.29 is 44.6 Å². The van der Waals surface area contributed by atoms with Gasteiger partial charge in [0.15, 0.2) is 0 Å². The molecule has 2 atom stereocenters. The van der Waals surface area contributed by atoms with Crippen molar-refractivity contribution in [3.8, 4) is 0 Å². The topological polar surface area (TPSA) is 60.4 Å². The summed E-state index contributed by atoms with van der Waals surface area (Å²) in [6.07, 6.45) is 0.466. The van der Waals surface area contributed by atoms with Gasteiger partial charge in [-0.3, -0.25) is 0 Å². The molecule has 1 aliphatic rings. The van der Waals surface area contributed by atoms with Gasteiger partial charge in [0.05, 0.1) is 5.97 Å². The molecule has 0 spiro atoms. The van der Waals surface area contributed by atoms with Gasteiger partial charge in [-0.25, -0.2) is 0 Å². The van der Waals surface area contributed by atoms with Crippen molar-refractivity contribution >= 4 is 21.9 Å². The van der Waals surface area contributed by atoms with Crippen molar-refractivity contribution in [1.29, 1.82) is 0 Å². The van der Waals surface area contributed by atoms with Gasteiger partial charge in [0.25, 0.3) is 0 Å². The molecule has 0 bridgehead atoms. The minimum absolute atomic E-state index is 0. The number of hydrogen-bond acceptors (Lipinski definition) is 3. The molecule has 1 N–H and O–H groups in total. The SMILES string of the molecule is O=C([O-])[C@]1(c2ccc(Br)cc2)C[C@@H]1CO.[Na+]. The van der Waals surface area contributed by atoms with E-state index in [0.717, 1.165) is 4.47 Å². The zero-order chi connectivity index (χ0) is 11.1. The van der Waals surface area contributed by atoms with Crippen LogP contribution in [0.1, 0.15) is 12.0 Å². The van der Waals surface area contributed by atoms with Crippen LogP contribution >= 0.6 is 15.9 Å². The van der Waals surface area contributed by atoms with Crippen LogP contribution in [0, 0.1) is 5.92 Å². The van der Waals surface area contributed by atoms with Gasteiger partial charge in [0.2, 0.25) is 0 Å². The van der Waals surface area contributed by atoms with Crippen LogP contribution in [-0.2, 0) is 10.2 Å². The first-order valence-corrected chi connectivity index (χ1v) is 5.49. The third-order valence-corrected chi connectivity index (χ3v) is 3.58. The van der Waals surface area contributed by atoms with E-state index in [1.807, 2.05) is 0 Å². The maximum absolute atomic E-state index is 11.1. The number of hydrogen-bond donors (Lipinski definition) is 1. The zero-order valence-corrected chi connectivity index (χ0v) is 12.5. The van der Waals surface area contributed by atoms with Gasteiger partial charge in [-0.1, -0.05) is 28.1 Å². The Morgan fingerprint density at radius 1 is 1.50 bits per heavy atom. The standard InChI is InChI=1S/C11H11BrO3.Na/c12-9-3-1-7(2-4-9)11(10(14)15)5-8(11)6-13;/h1-4,8,13H,5-6H2,(H,14,15);/q;+1/p-1/t8-,11+;/m1./s1. The molecular weight excluding hydrogens is 283 g/mol. The van der Waals surface area contributed by atoms with Gasteiger partial charge in [0.1, 0.15) is 0 Å². The molecule has 3 nitrogen and oxygen atoms in total. The Kier molecular flexibility index (Phi) is 4.60. The summed E-state index contributed by atoms with van der Waals surface area (Å²) in [5, 5.41) is 20.1. The first-order chi connectivity index (χ1) is 7.11. The Morgan fingerprint density at radius 2 is 2.06 bits per heavy atom. The van der Waals surface area contributed by atoms with Gasteiger partial charge in [-0.15, -0.1) is 0 Å². The van der Waals surface area contributed by atoms with E-state index in [2.05, 4.69) is 15.9 Å². The number of halogens is 1. The monoisotopic (exact) mass is 292 g/mol. The Labute approximate surface area is 124 Å². The number of aliphatic carboxylic acids is 1. The fraction of sp³-hybridized carbons (Fsp3) is 0.364. The van der Waals surface area contributed by atoms with Gasteiger partial charge >= 0.3 is 29.6 Å². The predicted molar refractivity (Wildman–Crippen MR) is 56.0 cm³/mol. The molecule has 0 heterocycles. The van der Waals surface area contributed by atoms with E-state index in [1.54, 1.807) is 24.3 Å². The molecule has 0 radical (unpaired) electrons. The van der Waals surface area contributed by atoms with Crippen LogP contribution < -0.4 is 34.7 Å². The zero-order valence-electron chi connectivity index (χ0n) is 8.94. The number of carbonyl (C=O) groups excluding carboxylic acids is 1. The van der Waals surface area contributed by atoms with Gasteiger partial charge in [-0.05, 0) is 30.0 Å². The van der Waals surface area contributed by atoms with Crippen molar-refractivity contribution in [2.75, 3.05) is 6.61 Å². The Hall–Kier alpha value is 0.130. The number of carboxylic acids is 1. The number of rotatable bonds is 3. The number of benzene rings is 1. The summed E-state index contributed by atoms with van der Waals surface area (Å²) in [6, 6.07) is 7.12. The first-order valence-electron chi connectivity index (χ1n) is 4.69. The molecule has 1 aromatic rings. The Balaban J connectivity index is 0.00000128. The summed E-state index contributed by atoms with van der Waals surface area (Å²) in [4.78, 5) is 11.1. The quantitative estimate of drug-likeness (QED) is 0.624. The molecule has 1 fully saturated rings. The molecular formula is C11H10BrNaO3. The molecule has 1 aliphatic carbocycles. The van der Waals surface area contributed by atoms with Gasteiger partial charge < -0.3 is 15.0 Å². The molecule has 5 heteroatoms. The second-order valence-corrected chi connectivity index (χ2v) is 4.77. The molecule has 0 saturated heterocycles. The van der Waals surface area contributed by atoms with Crippen molar-refractivity contribution in [1.82, 2.24) is 0 Å². The third kappa shape index (κ3) is 2.22. The van der Waals surface area contributed by atoms with Crippen LogP contribution in [0.3, 0.4) is 0 Å². The van der Waals surface area contributed by atoms with Gasteiger partial charge in [-0.2, -0.15) is 0 Å². The Morgan fingerprint density at radius 3 is 2.44 bits per heavy atom. The van der Waals surface area contributed by atoms with E-state index in [-0.39, 0.29) is 42.1 Å². The van der Waals surface area contributed by atoms with E-state index < -0.39 is 11.4 Å². The number of aliphatic hydroxyl groups is 1. The molecule has 80 valence electrons. The second kappa shape index (κ2) is 5.19.